The molecule has 0 heterocycles. The van der Waals surface area contributed by atoms with Crippen molar-refractivity contribution in [1.82, 2.24) is 0 Å². The zero-order chi connectivity index (χ0) is 9.02. The van der Waals surface area contributed by atoms with Crippen molar-refractivity contribution in [3.05, 3.63) is 23.8 Å². The first-order chi connectivity index (χ1) is 5.00. The molecule has 1 nitrogen and oxygen atoms in total. The first kappa shape index (κ1) is 10.9. The molecule has 0 aliphatic heterocycles. The van der Waals surface area contributed by atoms with E-state index < -0.39 is 0 Å². The number of hydrogen-bond donors (Lipinski definition) is 0. The SMILES string of the molecule is C=C/C(C)=C(\C)C(=O)C(C)I. The van der Waals surface area contributed by atoms with Gasteiger partial charge in [-0.15, -0.1) is 0 Å². The lowest BCUT2D eigenvalue weighted by Crippen LogP contribution is -2.11. The van der Waals surface area contributed by atoms with E-state index >= 15 is 0 Å². The molecule has 2 heteroatoms. The number of carbonyl (C=O) groups is 1. The number of Topliss-reactive ketones (excluding diaryl/α,β-unsaturated/α-hetero) is 1. The molecule has 0 radical (unpaired) electrons. The molecule has 0 fully saturated rings. The summed E-state index contributed by atoms with van der Waals surface area (Å²) in [7, 11) is 0. The zero-order valence-corrected chi connectivity index (χ0v) is 9.31. The molecule has 0 saturated heterocycles. The van der Waals surface area contributed by atoms with E-state index in [1.807, 2.05) is 20.8 Å². The second-order valence-corrected chi connectivity index (χ2v) is 4.36. The van der Waals surface area contributed by atoms with Crippen molar-refractivity contribution in [2.24, 2.45) is 0 Å². The predicted octanol–water partition coefficient (Wildman–Crippen LogP) is 2.90. The molecule has 0 amide bonds. The van der Waals surface area contributed by atoms with Gasteiger partial charge in [0.25, 0.3) is 0 Å². The van der Waals surface area contributed by atoms with E-state index in [0.29, 0.717) is 0 Å². The highest BCUT2D eigenvalue weighted by atomic mass is 127. The molecule has 0 rings (SSSR count). The fourth-order valence-corrected chi connectivity index (χ4v) is 1.11. The van der Waals surface area contributed by atoms with Gasteiger partial charge >= 0.3 is 0 Å². The Morgan fingerprint density at radius 1 is 1.55 bits per heavy atom. The summed E-state index contributed by atoms with van der Waals surface area (Å²) in [6.07, 6.45) is 1.71. The van der Waals surface area contributed by atoms with Crippen molar-refractivity contribution in [3.8, 4) is 0 Å². The molecule has 0 aromatic heterocycles. The number of rotatable bonds is 3. The third kappa shape index (κ3) is 3.18. The van der Waals surface area contributed by atoms with E-state index in [1.165, 1.54) is 0 Å². The van der Waals surface area contributed by atoms with E-state index in [1.54, 1.807) is 6.08 Å². The van der Waals surface area contributed by atoms with Crippen LogP contribution in [0.4, 0.5) is 0 Å². The summed E-state index contributed by atoms with van der Waals surface area (Å²) in [5.74, 6) is 0.197. The highest BCUT2D eigenvalue weighted by Gasteiger charge is 2.11. The van der Waals surface area contributed by atoms with Crippen LogP contribution in [0.1, 0.15) is 20.8 Å². The Bertz CT molecular complexity index is 202. The fourth-order valence-electron chi connectivity index (χ4n) is 0.646. The lowest BCUT2D eigenvalue weighted by atomic mass is 10.1. The van der Waals surface area contributed by atoms with Crippen molar-refractivity contribution >= 4 is 28.4 Å². The van der Waals surface area contributed by atoms with Gasteiger partial charge in [-0.3, -0.25) is 4.79 Å². The number of allylic oxidation sites excluding steroid dienone is 3. The topological polar surface area (TPSA) is 17.1 Å². The Morgan fingerprint density at radius 3 is 2.27 bits per heavy atom. The summed E-state index contributed by atoms with van der Waals surface area (Å²) in [6.45, 7) is 9.25. The van der Waals surface area contributed by atoms with Crippen LogP contribution in [0.25, 0.3) is 0 Å². The van der Waals surface area contributed by atoms with Crippen LogP contribution in [-0.4, -0.2) is 9.71 Å². The summed E-state index contributed by atoms with van der Waals surface area (Å²) in [4.78, 5) is 11.3. The van der Waals surface area contributed by atoms with Gasteiger partial charge in [0.1, 0.15) is 0 Å². The molecule has 1 atom stereocenters. The number of alkyl halides is 1. The monoisotopic (exact) mass is 264 g/mol. The van der Waals surface area contributed by atoms with E-state index in [-0.39, 0.29) is 9.71 Å². The maximum atomic E-state index is 11.3. The molecule has 0 saturated carbocycles. The molecule has 0 aromatic rings. The van der Waals surface area contributed by atoms with Crippen LogP contribution in [0.5, 0.6) is 0 Å². The summed E-state index contributed by atoms with van der Waals surface area (Å²) >= 11 is 2.12. The number of ketones is 1. The molecule has 11 heavy (non-hydrogen) atoms. The lowest BCUT2D eigenvalue weighted by molar-refractivity contribution is -0.114. The van der Waals surface area contributed by atoms with Crippen LogP contribution in [0, 0.1) is 0 Å². The van der Waals surface area contributed by atoms with Crippen molar-refractivity contribution in [1.29, 1.82) is 0 Å². The standard InChI is InChI=1S/C9H13IO/c1-5-6(2)7(3)9(11)8(4)10/h5,8H,1H2,2-4H3/b7-6+. The van der Waals surface area contributed by atoms with Crippen LogP contribution < -0.4 is 0 Å². The van der Waals surface area contributed by atoms with Gasteiger partial charge in [0.15, 0.2) is 5.78 Å². The first-order valence-corrected chi connectivity index (χ1v) is 4.73. The van der Waals surface area contributed by atoms with Gasteiger partial charge in [0, 0.05) is 0 Å². The third-order valence-electron chi connectivity index (χ3n) is 1.63. The van der Waals surface area contributed by atoms with Gasteiger partial charge in [-0.05, 0) is 31.9 Å². The van der Waals surface area contributed by atoms with Crippen molar-refractivity contribution in [2.45, 2.75) is 24.7 Å². The van der Waals surface area contributed by atoms with Crippen LogP contribution in [0.3, 0.4) is 0 Å². The third-order valence-corrected chi connectivity index (χ3v) is 2.19. The van der Waals surface area contributed by atoms with Crippen LogP contribution >= 0.6 is 22.6 Å². The summed E-state index contributed by atoms with van der Waals surface area (Å²) in [5, 5.41) is 0. The van der Waals surface area contributed by atoms with Gasteiger partial charge < -0.3 is 0 Å². The highest BCUT2D eigenvalue weighted by Crippen LogP contribution is 2.12. The molecule has 0 aliphatic carbocycles. The van der Waals surface area contributed by atoms with Gasteiger partial charge in [0.05, 0.1) is 3.92 Å². The normalized spacial score (nSPS) is 15.3. The molecule has 0 spiro atoms. The summed E-state index contributed by atoms with van der Waals surface area (Å²) < 4.78 is 0.0579. The van der Waals surface area contributed by atoms with E-state index in [0.717, 1.165) is 11.1 Å². The molecular formula is C9H13IO. The molecule has 0 aromatic carbocycles. The summed E-state index contributed by atoms with van der Waals surface area (Å²) in [5.41, 5.74) is 1.79. The quantitative estimate of drug-likeness (QED) is 0.331. The number of halogens is 1. The second kappa shape index (κ2) is 4.70. The van der Waals surface area contributed by atoms with E-state index in [9.17, 15) is 4.79 Å². The lowest BCUT2D eigenvalue weighted by Gasteiger charge is -2.04. The Kier molecular flexibility index (Phi) is 4.65. The molecule has 62 valence electrons. The molecular weight excluding hydrogens is 251 g/mol. The van der Waals surface area contributed by atoms with Crippen molar-refractivity contribution in [2.75, 3.05) is 0 Å². The molecule has 0 aliphatic rings. The Morgan fingerprint density at radius 2 is 2.00 bits per heavy atom. The average molecular weight is 264 g/mol. The first-order valence-electron chi connectivity index (χ1n) is 3.49. The smallest absolute Gasteiger partial charge is 0.171 e. The Labute approximate surface area is 81.7 Å². The highest BCUT2D eigenvalue weighted by molar-refractivity contribution is 14.1. The molecule has 1 unspecified atom stereocenters. The number of hydrogen-bond acceptors (Lipinski definition) is 1. The minimum Gasteiger partial charge on any atom is -0.293 e. The van der Waals surface area contributed by atoms with Crippen molar-refractivity contribution < 1.29 is 4.79 Å². The number of carbonyl (C=O) groups excluding carboxylic acids is 1. The van der Waals surface area contributed by atoms with Gasteiger partial charge in [-0.1, -0.05) is 35.2 Å². The van der Waals surface area contributed by atoms with Crippen LogP contribution in [-0.2, 0) is 4.79 Å². The zero-order valence-electron chi connectivity index (χ0n) is 7.15. The van der Waals surface area contributed by atoms with Crippen LogP contribution in [0.15, 0.2) is 23.8 Å². The molecule has 0 N–H and O–H groups in total. The second-order valence-electron chi connectivity index (χ2n) is 2.49. The van der Waals surface area contributed by atoms with E-state index in [2.05, 4.69) is 29.2 Å². The Hall–Kier alpha value is -0.120. The summed E-state index contributed by atoms with van der Waals surface area (Å²) in [6, 6.07) is 0. The van der Waals surface area contributed by atoms with Crippen LogP contribution in [0.2, 0.25) is 0 Å². The molecule has 0 bridgehead atoms. The Balaban J connectivity index is 4.60. The average Bonchev–Trinajstić information content (AvgIpc) is 2.00. The largest absolute Gasteiger partial charge is 0.293 e. The maximum Gasteiger partial charge on any atom is 0.171 e. The van der Waals surface area contributed by atoms with Crippen molar-refractivity contribution in [3.63, 3.8) is 0 Å². The maximum absolute atomic E-state index is 11.3. The predicted molar refractivity (Wildman–Crippen MR) is 57.1 cm³/mol. The van der Waals surface area contributed by atoms with E-state index in [4.69, 9.17) is 0 Å². The van der Waals surface area contributed by atoms with Gasteiger partial charge in [0.2, 0.25) is 0 Å². The minimum absolute atomic E-state index is 0.0579. The van der Waals surface area contributed by atoms with Gasteiger partial charge in [-0.25, -0.2) is 0 Å². The fraction of sp³-hybridized carbons (Fsp3) is 0.444. The van der Waals surface area contributed by atoms with Gasteiger partial charge in [-0.2, -0.15) is 0 Å². The minimum atomic E-state index is 0.0579.